The van der Waals surface area contributed by atoms with Gasteiger partial charge in [0.25, 0.3) is 0 Å². The Morgan fingerprint density at radius 3 is 2.57 bits per heavy atom. The number of hydrogen-bond donors (Lipinski definition) is 0. The highest BCUT2D eigenvalue weighted by Gasteiger charge is 2.50. The summed E-state index contributed by atoms with van der Waals surface area (Å²) in [6.07, 6.45) is 5.01. The number of piperidine rings is 1. The van der Waals surface area contributed by atoms with Crippen LogP contribution >= 0.6 is 0 Å². The molecular weight excluding hydrogens is 583 g/mol. The number of pyridine rings is 1. The van der Waals surface area contributed by atoms with E-state index in [0.717, 1.165) is 75.1 Å². The van der Waals surface area contributed by atoms with Gasteiger partial charge in [-0.05, 0) is 77.0 Å². The van der Waals surface area contributed by atoms with E-state index < -0.39 is 11.8 Å². The second kappa shape index (κ2) is 12.3. The quantitative estimate of drug-likeness (QED) is 0.417. The average Bonchev–Trinajstić information content (AvgIpc) is 3.54. The topological polar surface area (TPSA) is 85.2 Å². The van der Waals surface area contributed by atoms with Crippen molar-refractivity contribution in [1.29, 1.82) is 5.26 Å². The molecule has 1 aromatic carbocycles. The van der Waals surface area contributed by atoms with E-state index in [1.165, 1.54) is 5.56 Å². The summed E-state index contributed by atoms with van der Waals surface area (Å²) in [5.74, 6) is 1.24. The van der Waals surface area contributed by atoms with Crippen molar-refractivity contribution in [2.24, 2.45) is 0 Å². The van der Waals surface area contributed by atoms with Gasteiger partial charge in [-0.25, -0.2) is 9.18 Å². The number of piperazine rings is 1. The third kappa shape index (κ3) is 6.04. The molecule has 5 aliphatic rings. The largest absolute Gasteiger partial charge is 0.475 e. The molecular formula is C36H47FN6O3. The Labute approximate surface area is 272 Å². The maximum absolute atomic E-state index is 14.6. The Morgan fingerprint density at radius 1 is 1.09 bits per heavy atom. The summed E-state index contributed by atoms with van der Waals surface area (Å²) < 4.78 is 27.0. The van der Waals surface area contributed by atoms with Crippen LogP contribution in [0, 0.1) is 11.3 Å². The van der Waals surface area contributed by atoms with Crippen molar-refractivity contribution < 1.29 is 18.7 Å². The van der Waals surface area contributed by atoms with Gasteiger partial charge in [-0.3, -0.25) is 14.7 Å². The molecule has 0 aliphatic carbocycles. The Balaban J connectivity index is 1.21. The molecule has 6 heterocycles. The van der Waals surface area contributed by atoms with Crippen molar-refractivity contribution in [2.45, 2.75) is 108 Å². The summed E-state index contributed by atoms with van der Waals surface area (Å²) >= 11 is 0. The van der Waals surface area contributed by atoms with Crippen LogP contribution in [0.2, 0.25) is 0 Å². The number of hydrogen-bond acceptors (Lipinski definition) is 8. The monoisotopic (exact) mass is 630 g/mol. The molecule has 246 valence electrons. The first-order valence-corrected chi connectivity index (χ1v) is 17.1. The fraction of sp³-hybridized carbons (Fsp3) is 0.639. The maximum Gasteiger partial charge on any atom is 0.410 e. The van der Waals surface area contributed by atoms with E-state index >= 15 is 0 Å². The number of nitrogens with zero attached hydrogens (tertiary/aromatic N) is 6. The molecule has 7 rings (SSSR count). The lowest BCUT2D eigenvalue weighted by molar-refractivity contribution is -0.00981. The fourth-order valence-electron chi connectivity index (χ4n) is 8.65. The summed E-state index contributed by atoms with van der Waals surface area (Å²) in [6, 6.07) is 13.0. The Bertz CT molecular complexity index is 1480. The molecule has 1 aromatic heterocycles. The van der Waals surface area contributed by atoms with Crippen LogP contribution in [0.5, 0.6) is 5.88 Å². The SMILES string of the molecule is CC(C)(C)OC(=O)N1[C@@H]2CCC[C@H]1CN(c1nc(OC[C@@]34CCCN3C[C@H](F)C4)c(C#N)c3c1CCN(Cc1ccccc1)C3)C2. The third-order valence-electron chi connectivity index (χ3n) is 10.6. The predicted octanol–water partition coefficient (Wildman–Crippen LogP) is 5.44. The fourth-order valence-corrected chi connectivity index (χ4v) is 8.65. The first-order chi connectivity index (χ1) is 22.1. The maximum atomic E-state index is 14.6. The smallest absolute Gasteiger partial charge is 0.410 e. The number of amides is 1. The first-order valence-electron chi connectivity index (χ1n) is 17.1. The average molecular weight is 631 g/mol. The molecule has 0 N–H and O–H groups in total. The molecule has 9 nitrogen and oxygen atoms in total. The summed E-state index contributed by atoms with van der Waals surface area (Å²) in [7, 11) is 0. The molecule has 1 amide bonds. The number of nitriles is 1. The van der Waals surface area contributed by atoms with Gasteiger partial charge >= 0.3 is 6.09 Å². The molecule has 2 aromatic rings. The molecule has 0 radical (unpaired) electrons. The van der Waals surface area contributed by atoms with Crippen LogP contribution in [0.25, 0.3) is 0 Å². The van der Waals surface area contributed by atoms with Gasteiger partial charge in [-0.1, -0.05) is 30.3 Å². The van der Waals surface area contributed by atoms with E-state index in [1.807, 2.05) is 31.7 Å². The van der Waals surface area contributed by atoms with Crippen molar-refractivity contribution in [3.63, 3.8) is 0 Å². The number of carbonyl (C=O) groups excluding carboxylic acids is 1. The molecule has 10 heteroatoms. The predicted molar refractivity (Wildman–Crippen MR) is 173 cm³/mol. The number of aromatic nitrogens is 1. The van der Waals surface area contributed by atoms with Gasteiger partial charge in [0.15, 0.2) is 0 Å². The van der Waals surface area contributed by atoms with Gasteiger partial charge < -0.3 is 14.4 Å². The number of ether oxygens (including phenoxy) is 2. The van der Waals surface area contributed by atoms with Gasteiger partial charge in [-0.2, -0.15) is 10.2 Å². The number of benzene rings is 1. The Hall–Kier alpha value is -3.42. The Kier molecular flexibility index (Phi) is 8.35. The van der Waals surface area contributed by atoms with Crippen LogP contribution in [-0.4, -0.2) is 94.5 Å². The molecule has 4 atom stereocenters. The van der Waals surface area contributed by atoms with E-state index in [-0.39, 0.29) is 23.7 Å². The van der Waals surface area contributed by atoms with Gasteiger partial charge in [0.1, 0.15) is 35.8 Å². The van der Waals surface area contributed by atoms with E-state index in [1.54, 1.807) is 0 Å². The van der Waals surface area contributed by atoms with Crippen LogP contribution < -0.4 is 9.64 Å². The molecule has 4 fully saturated rings. The molecule has 4 saturated heterocycles. The van der Waals surface area contributed by atoms with Crippen LogP contribution in [0.1, 0.15) is 81.5 Å². The molecule has 2 bridgehead atoms. The number of fused-ring (bicyclic) bond motifs is 4. The standard InChI is InChI=1S/C36H47FN6O3/c1-35(2,3)46-34(44)43-27-11-7-12-28(43)22-41(21-27)32-29-13-16-40(19-25-9-5-4-6-10-25)23-31(29)30(18-38)33(39-32)45-24-36-14-8-15-42(36)20-26(37)17-36/h4-6,9-10,26-28H,7-8,11-17,19-24H2,1-3H3/t26-,27-,28+,36+/m1/s1. The van der Waals surface area contributed by atoms with Gasteiger partial charge in [0.2, 0.25) is 5.88 Å². The highest BCUT2D eigenvalue weighted by Crippen LogP contribution is 2.42. The summed E-state index contributed by atoms with van der Waals surface area (Å²) in [5.41, 5.74) is 2.95. The van der Waals surface area contributed by atoms with Crippen LogP contribution in [0.15, 0.2) is 30.3 Å². The molecule has 5 aliphatic heterocycles. The zero-order chi connectivity index (χ0) is 32.1. The van der Waals surface area contributed by atoms with Crippen molar-refractivity contribution in [1.82, 2.24) is 19.7 Å². The number of anilines is 1. The van der Waals surface area contributed by atoms with Crippen molar-refractivity contribution in [3.8, 4) is 11.9 Å². The lowest BCUT2D eigenvalue weighted by Crippen LogP contribution is -2.63. The molecule has 46 heavy (non-hydrogen) atoms. The summed E-state index contributed by atoms with van der Waals surface area (Å²) in [4.78, 5) is 27.4. The molecule has 0 saturated carbocycles. The van der Waals surface area contributed by atoms with Crippen LogP contribution in [0.4, 0.5) is 15.0 Å². The minimum Gasteiger partial charge on any atom is -0.475 e. The lowest BCUT2D eigenvalue weighted by Gasteiger charge is -2.50. The summed E-state index contributed by atoms with van der Waals surface area (Å²) in [5, 5.41) is 10.6. The minimum atomic E-state index is -0.849. The second-order valence-corrected chi connectivity index (χ2v) is 15.0. The minimum absolute atomic E-state index is 0.0314. The van der Waals surface area contributed by atoms with Crippen LogP contribution in [0.3, 0.4) is 0 Å². The third-order valence-corrected chi connectivity index (χ3v) is 10.6. The van der Waals surface area contributed by atoms with Crippen molar-refractivity contribution >= 4 is 11.9 Å². The zero-order valence-electron chi connectivity index (χ0n) is 27.5. The second-order valence-electron chi connectivity index (χ2n) is 15.0. The normalized spacial score (nSPS) is 28.0. The summed E-state index contributed by atoms with van der Waals surface area (Å²) in [6.45, 7) is 11.0. The highest BCUT2D eigenvalue weighted by atomic mass is 19.1. The van der Waals surface area contributed by atoms with E-state index in [2.05, 4.69) is 45.0 Å². The highest BCUT2D eigenvalue weighted by molar-refractivity contribution is 5.70. The zero-order valence-corrected chi connectivity index (χ0v) is 27.5. The van der Waals surface area contributed by atoms with E-state index in [4.69, 9.17) is 14.5 Å². The van der Waals surface area contributed by atoms with E-state index in [0.29, 0.717) is 50.7 Å². The Morgan fingerprint density at radius 2 is 1.85 bits per heavy atom. The van der Waals surface area contributed by atoms with Gasteiger partial charge in [0, 0.05) is 51.3 Å². The van der Waals surface area contributed by atoms with Crippen molar-refractivity contribution in [3.05, 3.63) is 52.6 Å². The van der Waals surface area contributed by atoms with Gasteiger partial charge in [0.05, 0.1) is 17.6 Å². The van der Waals surface area contributed by atoms with Crippen LogP contribution in [-0.2, 0) is 24.2 Å². The first kappa shape index (κ1) is 31.2. The number of halogens is 1. The van der Waals surface area contributed by atoms with Gasteiger partial charge in [-0.15, -0.1) is 0 Å². The molecule has 0 spiro atoms. The number of carbonyl (C=O) groups is 1. The number of rotatable bonds is 6. The van der Waals surface area contributed by atoms with E-state index in [9.17, 15) is 14.4 Å². The van der Waals surface area contributed by atoms with Crippen molar-refractivity contribution in [2.75, 3.05) is 44.2 Å². The lowest BCUT2D eigenvalue weighted by atomic mass is 9.90. The molecule has 0 unspecified atom stereocenters. The number of alkyl halides is 1.